The Balaban J connectivity index is 3.26. The van der Waals surface area contributed by atoms with Crippen molar-refractivity contribution in [2.24, 2.45) is 0 Å². The first-order valence-corrected chi connectivity index (χ1v) is 4.62. The summed E-state index contributed by atoms with van der Waals surface area (Å²) in [6, 6.07) is 2.09. The second kappa shape index (κ2) is 4.36. The Labute approximate surface area is 88.0 Å². The summed E-state index contributed by atoms with van der Waals surface area (Å²) in [4.78, 5) is 9.88. The van der Waals surface area contributed by atoms with Gasteiger partial charge in [0, 0.05) is 6.07 Å². The van der Waals surface area contributed by atoms with E-state index in [-0.39, 0.29) is 22.5 Å². The van der Waals surface area contributed by atoms with Crippen molar-refractivity contribution in [2.75, 3.05) is 6.61 Å². The van der Waals surface area contributed by atoms with Gasteiger partial charge in [0.25, 0.3) is 5.69 Å². The third-order valence-electron chi connectivity index (χ3n) is 1.51. The van der Waals surface area contributed by atoms with Gasteiger partial charge in [-0.05, 0) is 28.9 Å². The number of rotatable bonds is 3. The zero-order valence-corrected chi connectivity index (χ0v) is 8.88. The maximum Gasteiger partial charge on any atom is 0.287 e. The maximum atomic E-state index is 13.1. The van der Waals surface area contributed by atoms with E-state index in [0.29, 0.717) is 0 Å². The van der Waals surface area contributed by atoms with Crippen molar-refractivity contribution in [3.8, 4) is 5.75 Å². The Morgan fingerprint density at radius 2 is 2.29 bits per heavy atom. The fourth-order valence-electron chi connectivity index (χ4n) is 0.940. The van der Waals surface area contributed by atoms with Gasteiger partial charge < -0.3 is 4.74 Å². The number of benzene rings is 1. The first-order chi connectivity index (χ1) is 6.57. The van der Waals surface area contributed by atoms with E-state index < -0.39 is 10.7 Å². The van der Waals surface area contributed by atoms with Gasteiger partial charge in [-0.25, -0.2) is 4.39 Å². The van der Waals surface area contributed by atoms with Crippen LogP contribution < -0.4 is 4.74 Å². The van der Waals surface area contributed by atoms with Crippen molar-refractivity contribution in [1.29, 1.82) is 0 Å². The van der Waals surface area contributed by atoms with Crippen molar-refractivity contribution in [2.45, 2.75) is 6.92 Å². The summed E-state index contributed by atoms with van der Waals surface area (Å²) in [5.41, 5.74) is -0.213. The van der Waals surface area contributed by atoms with E-state index in [0.717, 1.165) is 12.1 Å². The Kier molecular flexibility index (Phi) is 3.40. The summed E-state index contributed by atoms with van der Waals surface area (Å²) in [5, 5.41) is 10.5. The molecule has 0 aromatic heterocycles. The fraction of sp³-hybridized carbons (Fsp3) is 0.250. The molecule has 0 radical (unpaired) electrons. The zero-order chi connectivity index (χ0) is 10.7. The number of nitro benzene ring substituents is 1. The Bertz CT molecular complexity index is 370. The molecule has 0 aliphatic rings. The van der Waals surface area contributed by atoms with E-state index in [1.54, 1.807) is 6.92 Å². The second-order valence-corrected chi connectivity index (χ2v) is 3.19. The molecule has 1 aromatic carbocycles. The highest BCUT2D eigenvalue weighted by Gasteiger charge is 2.19. The average molecular weight is 264 g/mol. The van der Waals surface area contributed by atoms with E-state index in [4.69, 9.17) is 4.74 Å². The molecule has 0 fully saturated rings. The number of hydrogen-bond acceptors (Lipinski definition) is 3. The summed E-state index contributed by atoms with van der Waals surface area (Å²) in [7, 11) is 0. The molecule has 0 unspecified atom stereocenters. The summed E-state index contributed by atoms with van der Waals surface area (Å²) < 4.78 is 18.1. The highest BCUT2D eigenvalue weighted by molar-refractivity contribution is 9.10. The Morgan fingerprint density at radius 3 is 2.79 bits per heavy atom. The number of hydrogen-bond donors (Lipinski definition) is 0. The monoisotopic (exact) mass is 263 g/mol. The smallest absolute Gasteiger partial charge is 0.287 e. The predicted octanol–water partition coefficient (Wildman–Crippen LogP) is 2.90. The number of nitro groups is 1. The van der Waals surface area contributed by atoms with E-state index in [1.807, 2.05) is 0 Å². The van der Waals surface area contributed by atoms with Crippen molar-refractivity contribution in [3.05, 3.63) is 32.5 Å². The van der Waals surface area contributed by atoms with Crippen LogP contribution in [0.1, 0.15) is 6.92 Å². The average Bonchev–Trinajstić information content (AvgIpc) is 2.11. The minimum atomic E-state index is -0.621. The molecule has 0 atom stereocenters. The zero-order valence-electron chi connectivity index (χ0n) is 7.29. The quantitative estimate of drug-likeness (QED) is 0.623. The van der Waals surface area contributed by atoms with Crippen LogP contribution in [0.15, 0.2) is 16.6 Å². The molecular formula is C8H7BrFNO3. The van der Waals surface area contributed by atoms with E-state index >= 15 is 0 Å². The first kappa shape index (κ1) is 10.9. The molecular weight excluding hydrogens is 257 g/mol. The summed E-state index contributed by atoms with van der Waals surface area (Å²) >= 11 is 2.93. The van der Waals surface area contributed by atoms with Crippen LogP contribution in [0.5, 0.6) is 5.75 Å². The van der Waals surface area contributed by atoms with Crippen molar-refractivity contribution < 1.29 is 14.1 Å². The molecule has 0 aliphatic carbocycles. The van der Waals surface area contributed by atoms with Gasteiger partial charge in [0.15, 0.2) is 11.6 Å². The highest BCUT2D eigenvalue weighted by Crippen LogP contribution is 2.36. The van der Waals surface area contributed by atoms with Gasteiger partial charge in [0.1, 0.15) is 4.47 Å². The lowest BCUT2D eigenvalue weighted by atomic mass is 10.3. The molecule has 14 heavy (non-hydrogen) atoms. The molecule has 4 nitrogen and oxygen atoms in total. The molecule has 76 valence electrons. The number of nitrogens with zero attached hydrogens (tertiary/aromatic N) is 1. The Morgan fingerprint density at radius 1 is 1.64 bits per heavy atom. The van der Waals surface area contributed by atoms with Crippen molar-refractivity contribution >= 4 is 21.6 Å². The first-order valence-electron chi connectivity index (χ1n) is 3.83. The molecule has 0 bridgehead atoms. The SMILES string of the molecule is CCOc1c(F)ccc([N+](=O)[O-])c1Br. The van der Waals surface area contributed by atoms with Gasteiger partial charge in [-0.3, -0.25) is 10.1 Å². The van der Waals surface area contributed by atoms with Crippen LogP contribution in [0, 0.1) is 15.9 Å². The molecule has 0 saturated carbocycles. The van der Waals surface area contributed by atoms with Gasteiger partial charge >= 0.3 is 0 Å². The molecule has 0 saturated heterocycles. The van der Waals surface area contributed by atoms with E-state index in [2.05, 4.69) is 15.9 Å². The molecule has 0 aliphatic heterocycles. The number of ether oxygens (including phenoxy) is 1. The van der Waals surface area contributed by atoms with Crippen LogP contribution in [-0.4, -0.2) is 11.5 Å². The fourth-order valence-corrected chi connectivity index (χ4v) is 1.52. The Hall–Kier alpha value is -1.17. The lowest BCUT2D eigenvalue weighted by molar-refractivity contribution is -0.385. The number of halogens is 2. The third kappa shape index (κ3) is 2.01. The lowest BCUT2D eigenvalue weighted by Crippen LogP contribution is -1.98. The van der Waals surface area contributed by atoms with Crippen LogP contribution in [0.25, 0.3) is 0 Å². The van der Waals surface area contributed by atoms with Crippen LogP contribution in [-0.2, 0) is 0 Å². The van der Waals surface area contributed by atoms with Gasteiger partial charge in [-0.15, -0.1) is 0 Å². The van der Waals surface area contributed by atoms with Crippen LogP contribution in [0.4, 0.5) is 10.1 Å². The summed E-state index contributed by atoms with van der Waals surface area (Å²) in [6.45, 7) is 1.92. The van der Waals surface area contributed by atoms with Crippen LogP contribution >= 0.6 is 15.9 Å². The standard InChI is InChI=1S/C8H7BrFNO3/c1-2-14-8-5(10)3-4-6(7(8)9)11(12)13/h3-4H,2H2,1H3. The normalized spacial score (nSPS) is 9.93. The van der Waals surface area contributed by atoms with Crippen molar-refractivity contribution in [3.63, 3.8) is 0 Å². The molecule has 0 amide bonds. The summed E-state index contributed by atoms with van der Waals surface area (Å²) in [6.07, 6.45) is 0. The van der Waals surface area contributed by atoms with Gasteiger partial charge in [0.2, 0.25) is 0 Å². The van der Waals surface area contributed by atoms with Gasteiger partial charge in [-0.1, -0.05) is 0 Å². The molecule has 1 rings (SSSR count). The molecule has 1 aromatic rings. The minimum absolute atomic E-state index is 0.0318. The van der Waals surface area contributed by atoms with E-state index in [1.165, 1.54) is 0 Å². The largest absolute Gasteiger partial charge is 0.489 e. The molecule has 0 spiro atoms. The lowest BCUT2D eigenvalue weighted by Gasteiger charge is -2.06. The van der Waals surface area contributed by atoms with Gasteiger partial charge in [0.05, 0.1) is 11.5 Å². The highest BCUT2D eigenvalue weighted by atomic mass is 79.9. The van der Waals surface area contributed by atoms with Crippen LogP contribution in [0.3, 0.4) is 0 Å². The third-order valence-corrected chi connectivity index (χ3v) is 2.28. The van der Waals surface area contributed by atoms with Gasteiger partial charge in [-0.2, -0.15) is 0 Å². The topological polar surface area (TPSA) is 52.4 Å². The molecule has 0 heterocycles. The minimum Gasteiger partial charge on any atom is -0.489 e. The predicted molar refractivity (Wildman–Crippen MR) is 51.9 cm³/mol. The van der Waals surface area contributed by atoms with Crippen LogP contribution in [0.2, 0.25) is 0 Å². The summed E-state index contributed by atoms with van der Waals surface area (Å²) in [5.74, 6) is -0.744. The molecule has 0 N–H and O–H groups in total. The second-order valence-electron chi connectivity index (χ2n) is 2.40. The maximum absolute atomic E-state index is 13.1. The molecule has 6 heteroatoms. The van der Waals surface area contributed by atoms with E-state index in [9.17, 15) is 14.5 Å². The van der Waals surface area contributed by atoms with Crippen molar-refractivity contribution in [1.82, 2.24) is 0 Å².